The largest absolute Gasteiger partial charge is 0.465 e. The summed E-state index contributed by atoms with van der Waals surface area (Å²) in [6, 6.07) is 6.80. The summed E-state index contributed by atoms with van der Waals surface area (Å²) in [5, 5.41) is 0.769. The molecule has 39 heavy (non-hydrogen) atoms. The highest BCUT2D eigenvalue weighted by atomic mass is 32.2. The molecule has 4 heterocycles. The van der Waals surface area contributed by atoms with Gasteiger partial charge in [-0.15, -0.1) is 11.3 Å². The first-order valence-electron chi connectivity index (χ1n) is 12.6. The van der Waals surface area contributed by atoms with Crippen LogP contribution < -0.4 is 4.90 Å². The second kappa shape index (κ2) is 10.1. The molecule has 0 bridgehead atoms. The van der Waals surface area contributed by atoms with Crippen molar-refractivity contribution < 1.29 is 27.5 Å². The van der Waals surface area contributed by atoms with Crippen molar-refractivity contribution in [3.05, 3.63) is 62.8 Å². The van der Waals surface area contributed by atoms with Crippen molar-refractivity contribution in [1.29, 1.82) is 0 Å². The van der Waals surface area contributed by atoms with E-state index in [9.17, 15) is 18.0 Å². The van der Waals surface area contributed by atoms with Gasteiger partial charge in [-0.3, -0.25) is 4.79 Å². The molecule has 0 saturated carbocycles. The van der Waals surface area contributed by atoms with Crippen molar-refractivity contribution in [3.8, 4) is 5.00 Å². The van der Waals surface area contributed by atoms with E-state index in [1.807, 2.05) is 38.3 Å². The van der Waals surface area contributed by atoms with E-state index in [-0.39, 0.29) is 10.8 Å². The lowest BCUT2D eigenvalue weighted by Gasteiger charge is -2.26. The Bertz CT molecular complexity index is 1640. The Hall–Kier alpha value is -3.25. The van der Waals surface area contributed by atoms with Gasteiger partial charge in [-0.2, -0.15) is 4.31 Å². The van der Waals surface area contributed by atoms with Gasteiger partial charge in [-0.05, 0) is 69.2 Å². The maximum absolute atomic E-state index is 13.3. The maximum Gasteiger partial charge on any atom is 0.341 e. The van der Waals surface area contributed by atoms with Crippen LogP contribution in [0.4, 0.5) is 5.69 Å². The minimum Gasteiger partial charge on any atom is -0.465 e. The highest BCUT2D eigenvalue weighted by Crippen LogP contribution is 2.40. The molecule has 1 amide bonds. The molecule has 1 fully saturated rings. The number of sulfonamides is 1. The zero-order valence-electron chi connectivity index (χ0n) is 22.8. The first kappa shape index (κ1) is 27.3. The van der Waals surface area contributed by atoms with E-state index in [0.717, 1.165) is 32.4 Å². The van der Waals surface area contributed by atoms with E-state index in [4.69, 9.17) is 9.47 Å². The lowest BCUT2D eigenvalue weighted by molar-refractivity contribution is -0.112. The normalized spacial score (nSPS) is 17.2. The van der Waals surface area contributed by atoms with Crippen molar-refractivity contribution in [2.45, 2.75) is 32.6 Å². The number of anilines is 1. The number of thiophene rings is 1. The van der Waals surface area contributed by atoms with Crippen molar-refractivity contribution in [2.75, 3.05) is 45.4 Å². The summed E-state index contributed by atoms with van der Waals surface area (Å²) in [5.74, 6) is -0.608. The molecule has 1 saturated heterocycles. The Morgan fingerprint density at radius 3 is 2.46 bits per heavy atom. The molecule has 0 aliphatic carbocycles. The van der Waals surface area contributed by atoms with Crippen LogP contribution in [0, 0.1) is 27.7 Å². The molecule has 0 radical (unpaired) electrons. The summed E-state index contributed by atoms with van der Waals surface area (Å²) in [7, 11) is -0.675. The Kier molecular flexibility index (Phi) is 7.04. The molecule has 206 valence electrons. The molecule has 5 rings (SSSR count). The van der Waals surface area contributed by atoms with Gasteiger partial charge in [0.1, 0.15) is 5.00 Å². The lowest BCUT2D eigenvalue weighted by Crippen LogP contribution is -2.40. The van der Waals surface area contributed by atoms with Gasteiger partial charge in [0.05, 0.1) is 36.5 Å². The predicted octanol–water partition coefficient (Wildman–Crippen LogP) is 4.10. The summed E-state index contributed by atoms with van der Waals surface area (Å²) >= 11 is 1.52. The number of morpholine rings is 1. The predicted molar refractivity (Wildman–Crippen MR) is 151 cm³/mol. The highest BCUT2D eigenvalue weighted by Gasteiger charge is 2.34. The van der Waals surface area contributed by atoms with Gasteiger partial charge < -0.3 is 18.9 Å². The second-order valence-electron chi connectivity index (χ2n) is 9.73. The van der Waals surface area contributed by atoms with Gasteiger partial charge in [0.2, 0.25) is 10.0 Å². The minimum absolute atomic E-state index is 0.148. The first-order valence-corrected chi connectivity index (χ1v) is 14.8. The van der Waals surface area contributed by atoms with E-state index < -0.39 is 16.0 Å². The zero-order chi connectivity index (χ0) is 28.2. The van der Waals surface area contributed by atoms with Crippen molar-refractivity contribution >= 4 is 50.6 Å². The monoisotopic (exact) mass is 569 g/mol. The van der Waals surface area contributed by atoms with E-state index in [1.54, 1.807) is 31.3 Å². The number of hydrogen-bond donors (Lipinski definition) is 0. The van der Waals surface area contributed by atoms with Gasteiger partial charge >= 0.3 is 5.97 Å². The van der Waals surface area contributed by atoms with E-state index in [2.05, 4.69) is 0 Å². The van der Waals surface area contributed by atoms with Gasteiger partial charge in [0, 0.05) is 47.5 Å². The number of aryl methyl sites for hydroxylation is 2. The van der Waals surface area contributed by atoms with Crippen LogP contribution in [-0.4, -0.2) is 69.6 Å². The number of hydrogen-bond acceptors (Lipinski definition) is 7. The smallest absolute Gasteiger partial charge is 0.341 e. The number of carbonyl (C=O) groups is 2. The van der Waals surface area contributed by atoms with E-state index in [1.165, 1.54) is 27.7 Å². The van der Waals surface area contributed by atoms with E-state index in [0.29, 0.717) is 48.7 Å². The van der Waals surface area contributed by atoms with Crippen LogP contribution in [0.3, 0.4) is 0 Å². The molecule has 0 spiro atoms. The highest BCUT2D eigenvalue weighted by molar-refractivity contribution is 7.89. The Morgan fingerprint density at radius 2 is 1.79 bits per heavy atom. The minimum atomic E-state index is -3.73. The molecule has 2 aromatic heterocycles. The summed E-state index contributed by atoms with van der Waals surface area (Å²) < 4.78 is 40.5. The van der Waals surface area contributed by atoms with Crippen LogP contribution in [0.25, 0.3) is 16.7 Å². The quantitative estimate of drug-likeness (QED) is 0.339. The summed E-state index contributed by atoms with van der Waals surface area (Å²) in [6.45, 7) is 9.06. The van der Waals surface area contributed by atoms with Crippen molar-refractivity contribution in [3.63, 3.8) is 0 Å². The number of benzene rings is 1. The Balaban J connectivity index is 1.61. The fourth-order valence-corrected chi connectivity index (χ4v) is 7.87. The molecular weight excluding hydrogens is 538 g/mol. The average Bonchev–Trinajstić information content (AvgIpc) is 3.47. The van der Waals surface area contributed by atoms with Crippen molar-refractivity contribution in [1.82, 2.24) is 8.87 Å². The maximum atomic E-state index is 13.3. The van der Waals surface area contributed by atoms with E-state index >= 15 is 0 Å². The van der Waals surface area contributed by atoms with Gasteiger partial charge in [-0.25, -0.2) is 13.2 Å². The topological polar surface area (TPSA) is 98.2 Å². The average molecular weight is 570 g/mol. The standard InChI is InChI=1S/C28H31N3O6S2/c1-16-13-20(18(3)31(16)27-25(28(33)36-6)17(2)19(4)38-27)14-23-22-15-21(7-8-24(22)29(5)26(23)32)39(34,35)30-9-11-37-12-10-30/h7-8,13-15H,9-12H2,1-6H3/b23-14-. The third-order valence-corrected chi connectivity index (χ3v) is 10.6. The molecule has 2 aliphatic rings. The number of rotatable bonds is 5. The van der Waals surface area contributed by atoms with Crippen LogP contribution in [0.1, 0.15) is 43.3 Å². The number of esters is 1. The fourth-order valence-electron chi connectivity index (χ4n) is 5.18. The fraction of sp³-hybridized carbons (Fsp3) is 0.357. The molecule has 2 aliphatic heterocycles. The van der Waals surface area contributed by atoms with Crippen LogP contribution >= 0.6 is 11.3 Å². The number of amides is 1. The van der Waals surface area contributed by atoms with Crippen LogP contribution in [0.15, 0.2) is 29.2 Å². The number of nitrogens with zero attached hydrogens (tertiary/aromatic N) is 3. The lowest BCUT2D eigenvalue weighted by atomic mass is 10.0. The number of aromatic nitrogens is 1. The Labute approximate surface area is 232 Å². The molecule has 0 atom stereocenters. The van der Waals surface area contributed by atoms with Crippen molar-refractivity contribution in [2.24, 2.45) is 0 Å². The molecule has 1 aromatic carbocycles. The van der Waals surface area contributed by atoms with Crippen LogP contribution in [-0.2, 0) is 24.3 Å². The molecule has 0 unspecified atom stereocenters. The van der Waals surface area contributed by atoms with Gasteiger partial charge in [0.25, 0.3) is 5.91 Å². The van der Waals surface area contributed by atoms with Crippen LogP contribution in [0.2, 0.25) is 0 Å². The van der Waals surface area contributed by atoms with Crippen LogP contribution in [0.5, 0.6) is 0 Å². The summed E-state index contributed by atoms with van der Waals surface area (Å²) in [4.78, 5) is 28.7. The first-order chi connectivity index (χ1) is 18.5. The number of methoxy groups -OCH3 is 1. The summed E-state index contributed by atoms with van der Waals surface area (Å²) in [6.07, 6.45) is 1.81. The molecule has 11 heteroatoms. The summed E-state index contributed by atoms with van der Waals surface area (Å²) in [5.41, 5.74) is 5.60. The number of likely N-dealkylation sites (N-methyl/N-ethyl adjacent to an activating group) is 1. The second-order valence-corrected chi connectivity index (χ2v) is 12.9. The molecule has 3 aromatic rings. The molecule has 9 nitrogen and oxygen atoms in total. The SMILES string of the molecule is COC(=O)c1c(-n2c(C)cc(/C=C3\C(=O)N(C)c4ccc(S(=O)(=O)N5CCOCC5)cc43)c2C)sc(C)c1C. The Morgan fingerprint density at radius 1 is 1.10 bits per heavy atom. The van der Waals surface area contributed by atoms with Gasteiger partial charge in [-0.1, -0.05) is 0 Å². The third kappa shape index (κ3) is 4.43. The third-order valence-electron chi connectivity index (χ3n) is 7.49. The van der Waals surface area contributed by atoms with Gasteiger partial charge in [0.15, 0.2) is 0 Å². The molecule has 0 N–H and O–H groups in total. The molecular formula is C28H31N3O6S2. The number of carbonyl (C=O) groups excluding carboxylic acids is 2. The number of ether oxygens (including phenoxy) is 2. The zero-order valence-corrected chi connectivity index (χ0v) is 24.5. The number of fused-ring (bicyclic) bond motifs is 1.